The van der Waals surface area contributed by atoms with E-state index in [2.05, 4.69) is 0 Å². The summed E-state index contributed by atoms with van der Waals surface area (Å²) in [4.78, 5) is 12.5. The van der Waals surface area contributed by atoms with E-state index in [0.717, 1.165) is 31.2 Å². The van der Waals surface area contributed by atoms with E-state index in [9.17, 15) is 9.18 Å². The molecular weight excluding hydrogens is 229 g/mol. The smallest absolute Gasteiger partial charge is 0.166 e. The Morgan fingerprint density at radius 1 is 1.39 bits per heavy atom. The second kappa shape index (κ2) is 5.61. The van der Waals surface area contributed by atoms with E-state index >= 15 is 0 Å². The zero-order valence-corrected chi connectivity index (χ0v) is 10.8. The number of halogens is 1. The monoisotopic (exact) mass is 249 g/mol. The molecule has 1 aliphatic carbocycles. The van der Waals surface area contributed by atoms with Gasteiger partial charge in [0.15, 0.2) is 5.78 Å². The van der Waals surface area contributed by atoms with Crippen molar-refractivity contribution in [2.75, 3.05) is 6.54 Å². The van der Waals surface area contributed by atoms with Crippen LogP contribution in [0.3, 0.4) is 0 Å². The predicted octanol–water partition coefficient (Wildman–Crippen LogP) is 3.08. The van der Waals surface area contributed by atoms with Crippen molar-refractivity contribution in [2.45, 2.75) is 32.6 Å². The van der Waals surface area contributed by atoms with E-state index in [1.54, 1.807) is 13.0 Å². The van der Waals surface area contributed by atoms with E-state index in [1.807, 2.05) is 0 Å². The SMILES string of the molecule is Cc1cc(F)ccc1C(=O)C1CCCCC1CN. The van der Waals surface area contributed by atoms with Crippen LogP contribution in [-0.2, 0) is 0 Å². The number of aryl methyl sites for hydroxylation is 1. The predicted molar refractivity (Wildman–Crippen MR) is 70.0 cm³/mol. The first-order valence-electron chi connectivity index (χ1n) is 6.64. The number of carbonyl (C=O) groups excluding carboxylic acids is 1. The Kier molecular flexibility index (Phi) is 4.12. The maximum absolute atomic E-state index is 13.1. The van der Waals surface area contributed by atoms with Crippen molar-refractivity contribution < 1.29 is 9.18 Å². The molecule has 1 aliphatic rings. The molecule has 0 radical (unpaired) electrons. The highest BCUT2D eigenvalue weighted by atomic mass is 19.1. The first-order chi connectivity index (χ1) is 8.63. The number of nitrogens with two attached hydrogens (primary N) is 1. The number of ketones is 1. The Morgan fingerprint density at radius 3 is 2.78 bits per heavy atom. The molecule has 2 rings (SSSR count). The number of hydrogen-bond acceptors (Lipinski definition) is 2. The van der Waals surface area contributed by atoms with E-state index in [4.69, 9.17) is 5.73 Å². The van der Waals surface area contributed by atoms with Crippen molar-refractivity contribution in [1.82, 2.24) is 0 Å². The quantitative estimate of drug-likeness (QED) is 0.836. The second-order valence-electron chi connectivity index (χ2n) is 5.21. The molecule has 0 heterocycles. The van der Waals surface area contributed by atoms with E-state index in [-0.39, 0.29) is 23.4 Å². The van der Waals surface area contributed by atoms with Gasteiger partial charge in [0, 0.05) is 11.5 Å². The van der Waals surface area contributed by atoms with Crippen LogP contribution in [-0.4, -0.2) is 12.3 Å². The van der Waals surface area contributed by atoms with Gasteiger partial charge in [0.25, 0.3) is 0 Å². The summed E-state index contributed by atoms with van der Waals surface area (Å²) in [7, 11) is 0. The molecule has 0 aliphatic heterocycles. The summed E-state index contributed by atoms with van der Waals surface area (Å²) in [6.07, 6.45) is 4.20. The normalized spacial score (nSPS) is 23.9. The Morgan fingerprint density at radius 2 is 2.11 bits per heavy atom. The van der Waals surface area contributed by atoms with Crippen LogP contribution in [0.25, 0.3) is 0 Å². The molecule has 0 spiro atoms. The number of benzene rings is 1. The fourth-order valence-electron chi connectivity index (χ4n) is 2.94. The molecule has 18 heavy (non-hydrogen) atoms. The van der Waals surface area contributed by atoms with Gasteiger partial charge in [-0.25, -0.2) is 4.39 Å². The minimum absolute atomic E-state index is 0.0212. The highest BCUT2D eigenvalue weighted by Crippen LogP contribution is 2.32. The summed E-state index contributed by atoms with van der Waals surface area (Å²) in [6, 6.07) is 4.39. The summed E-state index contributed by atoms with van der Waals surface area (Å²) < 4.78 is 13.1. The summed E-state index contributed by atoms with van der Waals surface area (Å²) in [6.45, 7) is 2.35. The average Bonchev–Trinajstić information content (AvgIpc) is 2.38. The van der Waals surface area contributed by atoms with Crippen LogP contribution in [0.15, 0.2) is 18.2 Å². The first kappa shape index (κ1) is 13.2. The molecule has 2 nitrogen and oxygen atoms in total. The lowest BCUT2D eigenvalue weighted by Crippen LogP contribution is -2.32. The van der Waals surface area contributed by atoms with Crippen LogP contribution in [0.4, 0.5) is 4.39 Å². The molecule has 1 aromatic carbocycles. The van der Waals surface area contributed by atoms with Crippen molar-refractivity contribution in [2.24, 2.45) is 17.6 Å². The molecule has 0 bridgehead atoms. The molecule has 1 aromatic rings. The maximum Gasteiger partial charge on any atom is 0.166 e. The van der Waals surface area contributed by atoms with E-state index in [0.29, 0.717) is 12.1 Å². The molecule has 1 saturated carbocycles. The zero-order valence-electron chi connectivity index (χ0n) is 10.8. The molecule has 3 heteroatoms. The molecule has 98 valence electrons. The van der Waals surface area contributed by atoms with Gasteiger partial charge < -0.3 is 5.73 Å². The molecule has 0 amide bonds. The van der Waals surface area contributed by atoms with Crippen molar-refractivity contribution in [3.05, 3.63) is 35.1 Å². The fraction of sp³-hybridized carbons (Fsp3) is 0.533. The molecule has 0 saturated heterocycles. The van der Waals surface area contributed by atoms with Gasteiger partial charge in [0.05, 0.1) is 0 Å². The lowest BCUT2D eigenvalue weighted by atomic mass is 9.75. The average molecular weight is 249 g/mol. The van der Waals surface area contributed by atoms with Gasteiger partial charge in [-0.2, -0.15) is 0 Å². The number of rotatable bonds is 3. The van der Waals surface area contributed by atoms with E-state index < -0.39 is 0 Å². The van der Waals surface area contributed by atoms with Gasteiger partial charge in [-0.15, -0.1) is 0 Å². The summed E-state index contributed by atoms with van der Waals surface area (Å²) in [5, 5.41) is 0. The lowest BCUT2D eigenvalue weighted by Gasteiger charge is -2.29. The summed E-state index contributed by atoms with van der Waals surface area (Å²) in [5.41, 5.74) is 7.14. The van der Waals surface area contributed by atoms with Crippen molar-refractivity contribution >= 4 is 5.78 Å². The highest BCUT2D eigenvalue weighted by molar-refractivity contribution is 5.99. The largest absolute Gasteiger partial charge is 0.330 e. The number of Topliss-reactive ketones (excluding diaryl/α,β-unsaturated/α-hetero) is 1. The lowest BCUT2D eigenvalue weighted by molar-refractivity contribution is 0.0829. The van der Waals surface area contributed by atoms with Crippen molar-refractivity contribution in [3.63, 3.8) is 0 Å². The molecule has 2 atom stereocenters. The Bertz CT molecular complexity index is 444. The van der Waals surface area contributed by atoms with Crippen LogP contribution >= 0.6 is 0 Å². The van der Waals surface area contributed by atoms with Gasteiger partial charge in [0.2, 0.25) is 0 Å². The van der Waals surface area contributed by atoms with Gasteiger partial charge in [0.1, 0.15) is 5.82 Å². The zero-order chi connectivity index (χ0) is 13.1. The Labute approximate surface area is 107 Å². The molecule has 0 aromatic heterocycles. The molecule has 2 unspecified atom stereocenters. The maximum atomic E-state index is 13.1. The Balaban J connectivity index is 2.24. The molecule has 1 fully saturated rings. The third kappa shape index (κ3) is 2.61. The second-order valence-corrected chi connectivity index (χ2v) is 5.21. The minimum Gasteiger partial charge on any atom is -0.330 e. The number of carbonyl (C=O) groups is 1. The van der Waals surface area contributed by atoms with Crippen LogP contribution in [0, 0.1) is 24.6 Å². The van der Waals surface area contributed by atoms with E-state index in [1.165, 1.54) is 12.1 Å². The van der Waals surface area contributed by atoms with Gasteiger partial charge in [-0.1, -0.05) is 12.8 Å². The van der Waals surface area contributed by atoms with Crippen LogP contribution in [0.5, 0.6) is 0 Å². The Hall–Kier alpha value is -1.22. The number of hydrogen-bond donors (Lipinski definition) is 1. The first-order valence-corrected chi connectivity index (χ1v) is 6.64. The van der Waals surface area contributed by atoms with Crippen molar-refractivity contribution in [1.29, 1.82) is 0 Å². The topological polar surface area (TPSA) is 43.1 Å². The fourth-order valence-corrected chi connectivity index (χ4v) is 2.94. The third-order valence-electron chi connectivity index (χ3n) is 4.00. The standard InChI is InChI=1S/C15H20FNO/c1-10-8-12(16)6-7-13(10)15(18)14-5-3-2-4-11(14)9-17/h6-8,11,14H,2-5,9,17H2,1H3. The molecular formula is C15H20FNO. The van der Waals surface area contributed by atoms with Gasteiger partial charge >= 0.3 is 0 Å². The minimum atomic E-state index is -0.289. The van der Waals surface area contributed by atoms with Crippen LogP contribution < -0.4 is 5.73 Å². The highest BCUT2D eigenvalue weighted by Gasteiger charge is 2.31. The van der Waals surface area contributed by atoms with Crippen LogP contribution in [0.1, 0.15) is 41.6 Å². The van der Waals surface area contributed by atoms with Gasteiger partial charge in [-0.05, 0) is 56.0 Å². The third-order valence-corrected chi connectivity index (χ3v) is 4.00. The van der Waals surface area contributed by atoms with Crippen LogP contribution in [0.2, 0.25) is 0 Å². The molecule has 2 N–H and O–H groups in total. The van der Waals surface area contributed by atoms with Gasteiger partial charge in [-0.3, -0.25) is 4.79 Å². The van der Waals surface area contributed by atoms with Crippen molar-refractivity contribution in [3.8, 4) is 0 Å². The summed E-state index contributed by atoms with van der Waals surface area (Å²) >= 11 is 0. The summed E-state index contributed by atoms with van der Waals surface area (Å²) in [5.74, 6) is 0.161.